The van der Waals surface area contributed by atoms with Crippen molar-refractivity contribution in [1.82, 2.24) is 14.8 Å². The summed E-state index contributed by atoms with van der Waals surface area (Å²) in [5.41, 5.74) is 9.23. The molecule has 4 heteroatoms. The van der Waals surface area contributed by atoms with Crippen LogP contribution in [0.25, 0.3) is 11.1 Å². The van der Waals surface area contributed by atoms with Gasteiger partial charge in [-0.2, -0.15) is 5.10 Å². The number of nitrogen functional groups attached to an aromatic ring is 1. The Labute approximate surface area is 101 Å². The molecule has 2 aromatic rings. The summed E-state index contributed by atoms with van der Waals surface area (Å²) in [5.74, 6) is 0.712. The maximum absolute atomic E-state index is 6.08. The van der Waals surface area contributed by atoms with Crippen molar-refractivity contribution in [2.75, 3.05) is 5.73 Å². The summed E-state index contributed by atoms with van der Waals surface area (Å²) in [6.45, 7) is 2.18. The second-order valence-electron chi connectivity index (χ2n) is 4.18. The van der Waals surface area contributed by atoms with Gasteiger partial charge in [-0.3, -0.25) is 9.67 Å². The van der Waals surface area contributed by atoms with Crippen molar-refractivity contribution in [2.24, 2.45) is 7.05 Å². The summed E-state index contributed by atoms with van der Waals surface area (Å²) in [6, 6.07) is 3.95. The van der Waals surface area contributed by atoms with Crippen LogP contribution in [0, 0.1) is 0 Å². The number of rotatable bonds is 4. The standard InChI is InChI=1S/C13H18N4/c1-3-4-7-11-12(13(14)17(2)16-11)10-6-5-8-15-9-10/h5-6,8-9H,3-4,7,14H2,1-2H3. The summed E-state index contributed by atoms with van der Waals surface area (Å²) in [5, 5.41) is 4.49. The molecule has 2 aromatic heterocycles. The van der Waals surface area contributed by atoms with Gasteiger partial charge in [0.25, 0.3) is 0 Å². The molecule has 0 bridgehead atoms. The molecular formula is C13H18N4. The lowest BCUT2D eigenvalue weighted by molar-refractivity contribution is 0.718. The lowest BCUT2D eigenvalue weighted by Crippen LogP contribution is -1.98. The molecule has 2 rings (SSSR count). The van der Waals surface area contributed by atoms with Crippen LogP contribution in [0.2, 0.25) is 0 Å². The van der Waals surface area contributed by atoms with Gasteiger partial charge in [0.1, 0.15) is 5.82 Å². The maximum atomic E-state index is 6.08. The molecule has 0 saturated heterocycles. The fourth-order valence-electron chi connectivity index (χ4n) is 1.94. The fraction of sp³-hybridized carbons (Fsp3) is 0.385. The Bertz CT molecular complexity index is 488. The molecule has 0 atom stereocenters. The van der Waals surface area contributed by atoms with Crippen LogP contribution in [0.4, 0.5) is 5.82 Å². The third-order valence-corrected chi connectivity index (χ3v) is 2.88. The topological polar surface area (TPSA) is 56.7 Å². The molecule has 0 amide bonds. The molecule has 0 aromatic carbocycles. The normalized spacial score (nSPS) is 10.7. The van der Waals surface area contributed by atoms with Gasteiger partial charge >= 0.3 is 0 Å². The largest absolute Gasteiger partial charge is 0.383 e. The van der Waals surface area contributed by atoms with E-state index in [2.05, 4.69) is 17.0 Å². The highest BCUT2D eigenvalue weighted by atomic mass is 15.3. The molecule has 0 radical (unpaired) electrons. The van der Waals surface area contributed by atoms with Crippen LogP contribution in [-0.2, 0) is 13.5 Å². The molecule has 0 aliphatic heterocycles. The molecule has 90 valence electrons. The zero-order valence-electron chi connectivity index (χ0n) is 10.3. The molecule has 2 N–H and O–H groups in total. The average molecular weight is 230 g/mol. The summed E-state index contributed by atoms with van der Waals surface area (Å²) < 4.78 is 1.74. The summed E-state index contributed by atoms with van der Waals surface area (Å²) >= 11 is 0. The van der Waals surface area contributed by atoms with Crippen molar-refractivity contribution >= 4 is 5.82 Å². The van der Waals surface area contributed by atoms with E-state index in [9.17, 15) is 0 Å². The van der Waals surface area contributed by atoms with Crippen LogP contribution >= 0.6 is 0 Å². The smallest absolute Gasteiger partial charge is 0.129 e. The van der Waals surface area contributed by atoms with E-state index in [4.69, 9.17) is 5.73 Å². The Kier molecular flexibility index (Phi) is 3.42. The first kappa shape index (κ1) is 11.6. The third-order valence-electron chi connectivity index (χ3n) is 2.88. The highest BCUT2D eigenvalue weighted by molar-refractivity contribution is 5.76. The first-order valence-electron chi connectivity index (χ1n) is 5.95. The van der Waals surface area contributed by atoms with E-state index in [1.54, 1.807) is 10.9 Å². The zero-order chi connectivity index (χ0) is 12.3. The highest BCUT2D eigenvalue weighted by Crippen LogP contribution is 2.29. The minimum Gasteiger partial charge on any atom is -0.383 e. The van der Waals surface area contributed by atoms with E-state index in [0.717, 1.165) is 36.1 Å². The number of nitrogens with two attached hydrogens (primary N) is 1. The molecule has 0 unspecified atom stereocenters. The van der Waals surface area contributed by atoms with E-state index >= 15 is 0 Å². The summed E-state index contributed by atoms with van der Waals surface area (Å²) in [6.07, 6.45) is 6.85. The molecule has 0 fully saturated rings. The molecule has 2 heterocycles. The van der Waals surface area contributed by atoms with Crippen LogP contribution < -0.4 is 5.73 Å². The lowest BCUT2D eigenvalue weighted by atomic mass is 10.0. The number of pyridine rings is 1. The van der Waals surface area contributed by atoms with Crippen molar-refractivity contribution in [3.8, 4) is 11.1 Å². The predicted molar refractivity (Wildman–Crippen MR) is 69.5 cm³/mol. The molecule has 0 aliphatic rings. The van der Waals surface area contributed by atoms with Gasteiger partial charge < -0.3 is 5.73 Å². The monoisotopic (exact) mass is 230 g/mol. The van der Waals surface area contributed by atoms with E-state index in [1.165, 1.54) is 0 Å². The first-order chi connectivity index (χ1) is 8.24. The molecule has 0 saturated carbocycles. The zero-order valence-corrected chi connectivity index (χ0v) is 10.3. The van der Waals surface area contributed by atoms with E-state index < -0.39 is 0 Å². The van der Waals surface area contributed by atoms with Crippen molar-refractivity contribution in [2.45, 2.75) is 26.2 Å². The minimum absolute atomic E-state index is 0.712. The van der Waals surface area contributed by atoms with Crippen molar-refractivity contribution in [1.29, 1.82) is 0 Å². The van der Waals surface area contributed by atoms with Crippen molar-refractivity contribution in [3.05, 3.63) is 30.2 Å². The second kappa shape index (κ2) is 4.99. The Balaban J connectivity index is 2.44. The number of anilines is 1. The number of aryl methyl sites for hydroxylation is 2. The van der Waals surface area contributed by atoms with E-state index in [1.807, 2.05) is 25.4 Å². The Morgan fingerprint density at radius 1 is 1.41 bits per heavy atom. The average Bonchev–Trinajstić information content (AvgIpc) is 2.64. The summed E-state index contributed by atoms with van der Waals surface area (Å²) in [4.78, 5) is 4.14. The van der Waals surface area contributed by atoms with Crippen LogP contribution in [0.3, 0.4) is 0 Å². The van der Waals surface area contributed by atoms with E-state index in [0.29, 0.717) is 5.82 Å². The van der Waals surface area contributed by atoms with Gasteiger partial charge in [-0.15, -0.1) is 0 Å². The van der Waals surface area contributed by atoms with Crippen LogP contribution in [0.1, 0.15) is 25.5 Å². The highest BCUT2D eigenvalue weighted by Gasteiger charge is 2.14. The second-order valence-corrected chi connectivity index (χ2v) is 4.18. The predicted octanol–water partition coefficient (Wildman–Crippen LogP) is 2.41. The fourth-order valence-corrected chi connectivity index (χ4v) is 1.94. The third kappa shape index (κ3) is 2.30. The maximum Gasteiger partial charge on any atom is 0.129 e. The number of aromatic nitrogens is 3. The van der Waals surface area contributed by atoms with E-state index in [-0.39, 0.29) is 0 Å². The Morgan fingerprint density at radius 3 is 2.88 bits per heavy atom. The van der Waals surface area contributed by atoms with Gasteiger partial charge in [-0.1, -0.05) is 19.4 Å². The summed E-state index contributed by atoms with van der Waals surface area (Å²) in [7, 11) is 1.88. The van der Waals surface area contributed by atoms with Crippen LogP contribution in [-0.4, -0.2) is 14.8 Å². The van der Waals surface area contributed by atoms with Gasteiger partial charge in [-0.25, -0.2) is 0 Å². The molecule has 17 heavy (non-hydrogen) atoms. The minimum atomic E-state index is 0.712. The Morgan fingerprint density at radius 2 is 2.24 bits per heavy atom. The number of hydrogen-bond donors (Lipinski definition) is 1. The van der Waals surface area contributed by atoms with Crippen LogP contribution in [0.15, 0.2) is 24.5 Å². The van der Waals surface area contributed by atoms with Crippen LogP contribution in [0.5, 0.6) is 0 Å². The van der Waals surface area contributed by atoms with Gasteiger partial charge in [0, 0.05) is 30.6 Å². The molecular weight excluding hydrogens is 212 g/mol. The molecule has 0 aliphatic carbocycles. The molecule has 4 nitrogen and oxygen atoms in total. The SMILES string of the molecule is CCCCc1nn(C)c(N)c1-c1cccnc1. The van der Waals surface area contributed by atoms with Gasteiger partial charge in [0.05, 0.1) is 5.69 Å². The number of hydrogen-bond acceptors (Lipinski definition) is 3. The van der Waals surface area contributed by atoms with Crippen molar-refractivity contribution in [3.63, 3.8) is 0 Å². The molecule has 0 spiro atoms. The number of nitrogens with zero attached hydrogens (tertiary/aromatic N) is 3. The van der Waals surface area contributed by atoms with Crippen molar-refractivity contribution < 1.29 is 0 Å². The Hall–Kier alpha value is -1.84. The quantitative estimate of drug-likeness (QED) is 0.877. The van der Waals surface area contributed by atoms with Gasteiger partial charge in [0.15, 0.2) is 0 Å². The first-order valence-corrected chi connectivity index (χ1v) is 5.95. The lowest BCUT2D eigenvalue weighted by Gasteiger charge is -2.02. The number of unbranched alkanes of at least 4 members (excludes halogenated alkanes) is 1. The van der Waals surface area contributed by atoms with Gasteiger partial charge in [0.2, 0.25) is 0 Å². The van der Waals surface area contributed by atoms with Gasteiger partial charge in [-0.05, 0) is 18.9 Å².